The van der Waals surface area contributed by atoms with Crippen LogP contribution in [0.15, 0.2) is 29.2 Å². The largest absolute Gasteiger partial charge is 0.480 e. The fourth-order valence-electron chi connectivity index (χ4n) is 5.62. The Morgan fingerprint density at radius 3 is 2.79 bits per heavy atom. The van der Waals surface area contributed by atoms with Crippen LogP contribution < -0.4 is 25.8 Å². The fourth-order valence-corrected chi connectivity index (χ4v) is 5.76. The third-order valence-electron chi connectivity index (χ3n) is 8.24. The highest BCUT2D eigenvalue weighted by Crippen LogP contribution is 2.45. The number of benzene rings is 1. The monoisotopic (exact) mass is 544 g/mol. The van der Waals surface area contributed by atoms with Gasteiger partial charge in [-0.3, -0.25) is 4.79 Å². The molecule has 1 saturated carbocycles. The lowest BCUT2D eigenvalue weighted by Crippen LogP contribution is -2.44. The Morgan fingerprint density at radius 1 is 1.24 bits per heavy atom. The van der Waals surface area contributed by atoms with Gasteiger partial charge in [0, 0.05) is 30.7 Å². The van der Waals surface area contributed by atoms with E-state index >= 15 is 0 Å². The molecule has 1 aliphatic carbocycles. The Kier molecular flexibility index (Phi) is 6.13. The third-order valence-corrected chi connectivity index (χ3v) is 8.51. The number of ether oxygens (including phenoxy) is 1. The van der Waals surface area contributed by atoms with E-state index in [1.54, 1.807) is 25.4 Å². The SMILES string of the molecule is CC1CCCN(c2ncc(Cl)c(Nc3ccc4c(c3)c3c(c(=O)n4C)OCC(F)(F)[C@H](C4CC4)N3)n2)C1C. The minimum atomic E-state index is -3.10. The number of alkyl halides is 2. The van der Waals surface area contributed by atoms with Crippen molar-refractivity contribution in [3.63, 3.8) is 0 Å². The zero-order chi connectivity index (χ0) is 26.8. The minimum Gasteiger partial charge on any atom is -0.480 e. The van der Waals surface area contributed by atoms with Gasteiger partial charge < -0.3 is 24.8 Å². The van der Waals surface area contributed by atoms with Crippen LogP contribution in [0, 0.1) is 11.8 Å². The molecule has 2 unspecified atom stereocenters. The molecule has 6 rings (SSSR count). The molecule has 2 aromatic heterocycles. The van der Waals surface area contributed by atoms with Crippen molar-refractivity contribution in [3.8, 4) is 5.75 Å². The summed E-state index contributed by atoms with van der Waals surface area (Å²) in [5, 5.41) is 7.25. The van der Waals surface area contributed by atoms with E-state index in [9.17, 15) is 13.6 Å². The van der Waals surface area contributed by atoms with Gasteiger partial charge in [0.2, 0.25) is 11.7 Å². The summed E-state index contributed by atoms with van der Waals surface area (Å²) >= 11 is 6.48. The van der Waals surface area contributed by atoms with Crippen molar-refractivity contribution in [2.75, 3.05) is 28.7 Å². The number of halogens is 3. The number of nitrogens with zero attached hydrogens (tertiary/aromatic N) is 4. The molecule has 11 heteroatoms. The van der Waals surface area contributed by atoms with Crippen molar-refractivity contribution in [1.82, 2.24) is 14.5 Å². The molecule has 0 amide bonds. The van der Waals surface area contributed by atoms with Gasteiger partial charge in [0.25, 0.3) is 5.56 Å². The smallest absolute Gasteiger partial charge is 0.301 e. The highest BCUT2D eigenvalue weighted by Gasteiger charge is 2.51. The number of nitrogens with one attached hydrogen (secondary N) is 2. The molecule has 38 heavy (non-hydrogen) atoms. The fraction of sp³-hybridized carbons (Fsp3) is 0.519. The van der Waals surface area contributed by atoms with E-state index in [0.29, 0.717) is 51.0 Å². The van der Waals surface area contributed by atoms with Crippen LogP contribution in [0.2, 0.25) is 5.02 Å². The van der Waals surface area contributed by atoms with Crippen molar-refractivity contribution in [2.45, 2.75) is 57.5 Å². The predicted octanol–water partition coefficient (Wildman–Crippen LogP) is 5.57. The lowest BCUT2D eigenvalue weighted by molar-refractivity contribution is -0.0579. The van der Waals surface area contributed by atoms with Gasteiger partial charge >= 0.3 is 5.92 Å². The molecule has 4 heterocycles. The van der Waals surface area contributed by atoms with Crippen LogP contribution in [-0.2, 0) is 7.05 Å². The van der Waals surface area contributed by atoms with E-state index in [0.717, 1.165) is 25.8 Å². The van der Waals surface area contributed by atoms with Crippen molar-refractivity contribution in [2.24, 2.45) is 18.9 Å². The van der Waals surface area contributed by atoms with E-state index in [2.05, 4.69) is 34.4 Å². The van der Waals surface area contributed by atoms with Crippen LogP contribution in [-0.4, -0.2) is 45.7 Å². The van der Waals surface area contributed by atoms with E-state index in [1.165, 1.54) is 11.0 Å². The lowest BCUT2D eigenvalue weighted by Gasteiger charge is -2.38. The van der Waals surface area contributed by atoms with Crippen molar-refractivity contribution < 1.29 is 13.5 Å². The van der Waals surface area contributed by atoms with E-state index < -0.39 is 24.1 Å². The molecule has 3 atom stereocenters. The number of hydrogen-bond donors (Lipinski definition) is 2. The van der Waals surface area contributed by atoms with Gasteiger partial charge in [-0.1, -0.05) is 18.5 Å². The topological polar surface area (TPSA) is 84.3 Å². The number of pyridine rings is 1. The molecule has 1 saturated heterocycles. The Labute approximate surface area is 224 Å². The number of anilines is 4. The molecule has 3 aromatic rings. The summed E-state index contributed by atoms with van der Waals surface area (Å²) in [6.07, 6.45) is 5.28. The van der Waals surface area contributed by atoms with Crippen molar-refractivity contribution in [1.29, 1.82) is 0 Å². The molecule has 0 spiro atoms. The van der Waals surface area contributed by atoms with Gasteiger partial charge in [0.15, 0.2) is 12.4 Å². The van der Waals surface area contributed by atoms with Crippen LogP contribution in [0.1, 0.15) is 39.5 Å². The van der Waals surface area contributed by atoms with Crippen LogP contribution in [0.25, 0.3) is 10.9 Å². The summed E-state index contributed by atoms with van der Waals surface area (Å²) in [5.41, 5.74) is 1.08. The Hall–Kier alpha value is -3.14. The summed E-state index contributed by atoms with van der Waals surface area (Å²) in [6, 6.07) is 4.60. The average Bonchev–Trinajstić information content (AvgIpc) is 3.73. The molecule has 0 radical (unpaired) electrons. The zero-order valence-corrected chi connectivity index (χ0v) is 22.4. The first-order valence-electron chi connectivity index (χ1n) is 13.1. The summed E-state index contributed by atoms with van der Waals surface area (Å²) in [6.45, 7) is 4.46. The normalized spacial score (nSPS) is 24.8. The number of piperidine rings is 1. The highest BCUT2D eigenvalue weighted by molar-refractivity contribution is 6.33. The maximum atomic E-state index is 14.9. The summed E-state index contributed by atoms with van der Waals surface area (Å²) < 4.78 is 36.7. The van der Waals surface area contributed by atoms with Crippen molar-refractivity contribution >= 4 is 45.6 Å². The van der Waals surface area contributed by atoms with Gasteiger partial charge in [0.05, 0.1) is 23.4 Å². The van der Waals surface area contributed by atoms with Crippen LogP contribution in [0.3, 0.4) is 0 Å². The van der Waals surface area contributed by atoms with E-state index in [1.807, 2.05) is 6.07 Å². The average molecular weight is 545 g/mol. The van der Waals surface area contributed by atoms with Crippen LogP contribution >= 0.6 is 11.6 Å². The van der Waals surface area contributed by atoms with E-state index in [4.69, 9.17) is 21.3 Å². The summed E-state index contributed by atoms with van der Waals surface area (Å²) in [4.78, 5) is 24.4. The summed E-state index contributed by atoms with van der Waals surface area (Å²) in [7, 11) is 1.61. The second-order valence-electron chi connectivity index (χ2n) is 10.9. The number of fused-ring (bicyclic) bond motifs is 3. The van der Waals surface area contributed by atoms with Gasteiger partial charge in [-0.2, -0.15) is 4.98 Å². The standard InChI is InChI=1S/C27H31ClF2N6O2/c1-14-5-4-10-36(15(14)2)26-31-12-19(28)24(34-26)32-17-8-9-20-18(11-17)21-22(25(37)35(20)3)38-13-27(29,30)23(33-21)16-6-7-16/h8-9,11-12,14-16,23,33H,4-7,10,13H2,1-3H3,(H,31,32,34)/t14?,15?,23-/m0/s1. The first-order valence-corrected chi connectivity index (χ1v) is 13.5. The maximum absolute atomic E-state index is 14.9. The Balaban J connectivity index is 1.39. The first-order chi connectivity index (χ1) is 18.1. The minimum absolute atomic E-state index is 0.0875. The zero-order valence-electron chi connectivity index (χ0n) is 21.6. The van der Waals surface area contributed by atoms with Gasteiger partial charge in [-0.05, 0) is 62.6 Å². The second-order valence-corrected chi connectivity index (χ2v) is 11.3. The molecular weight excluding hydrogens is 514 g/mol. The molecule has 2 aliphatic heterocycles. The number of aromatic nitrogens is 3. The molecule has 3 aliphatic rings. The van der Waals surface area contributed by atoms with Crippen molar-refractivity contribution in [3.05, 3.63) is 39.8 Å². The van der Waals surface area contributed by atoms with Gasteiger partial charge in [0.1, 0.15) is 5.02 Å². The lowest BCUT2D eigenvalue weighted by atomic mass is 9.92. The maximum Gasteiger partial charge on any atom is 0.301 e. The molecule has 2 fully saturated rings. The second kappa shape index (κ2) is 9.25. The number of hydrogen-bond acceptors (Lipinski definition) is 7. The van der Waals surface area contributed by atoms with Crippen LogP contribution in [0.5, 0.6) is 5.75 Å². The highest BCUT2D eigenvalue weighted by atomic mass is 35.5. The van der Waals surface area contributed by atoms with Gasteiger partial charge in [-0.15, -0.1) is 0 Å². The van der Waals surface area contributed by atoms with E-state index in [-0.39, 0.29) is 11.7 Å². The first kappa shape index (κ1) is 25.2. The number of aryl methyl sites for hydroxylation is 1. The molecule has 0 bridgehead atoms. The summed E-state index contributed by atoms with van der Waals surface area (Å²) in [5.74, 6) is -1.75. The van der Waals surface area contributed by atoms with Crippen LogP contribution in [0.4, 0.5) is 31.9 Å². The predicted molar refractivity (Wildman–Crippen MR) is 145 cm³/mol. The van der Waals surface area contributed by atoms with Gasteiger partial charge in [-0.25, -0.2) is 13.8 Å². The quantitative estimate of drug-likeness (QED) is 0.444. The molecule has 2 N–H and O–H groups in total. The molecule has 1 aromatic carbocycles. The Bertz CT molecular complexity index is 1460. The Morgan fingerprint density at radius 2 is 2.03 bits per heavy atom. The number of rotatable bonds is 4. The molecule has 8 nitrogen and oxygen atoms in total. The molecular formula is C27H31ClF2N6O2. The third kappa shape index (κ3) is 4.32. The molecule has 202 valence electrons.